The summed E-state index contributed by atoms with van der Waals surface area (Å²) in [6, 6.07) is 7.37. The lowest BCUT2D eigenvalue weighted by Crippen LogP contribution is -2.14. The number of aromatic nitrogens is 4. The minimum absolute atomic E-state index is 0.297. The van der Waals surface area contributed by atoms with Crippen molar-refractivity contribution >= 4 is 17.0 Å². The lowest BCUT2D eigenvalue weighted by Gasteiger charge is -2.15. The molecule has 0 aliphatic rings. The molecule has 2 heterocycles. The number of rotatable bonds is 5. The maximum absolute atomic E-state index is 10.3. The molecule has 7 heteroatoms. The van der Waals surface area contributed by atoms with E-state index < -0.39 is 6.10 Å². The topological polar surface area (TPSA) is 96.0 Å². The number of benzene rings is 1. The molecule has 0 radical (unpaired) electrons. The summed E-state index contributed by atoms with van der Waals surface area (Å²) in [5.41, 5.74) is 2.02. The van der Waals surface area contributed by atoms with Gasteiger partial charge in [-0.2, -0.15) is 0 Å². The lowest BCUT2D eigenvalue weighted by atomic mass is 10.1. The Morgan fingerprint density at radius 2 is 2.14 bits per heavy atom. The predicted octanol–water partition coefficient (Wildman–Crippen LogP) is 1.51. The van der Waals surface area contributed by atoms with Crippen LogP contribution in [0.15, 0.2) is 36.9 Å². The van der Waals surface area contributed by atoms with E-state index in [0.29, 0.717) is 29.3 Å². The van der Waals surface area contributed by atoms with Crippen molar-refractivity contribution in [3.63, 3.8) is 0 Å². The van der Waals surface area contributed by atoms with Crippen molar-refractivity contribution in [2.45, 2.75) is 6.10 Å². The average Bonchev–Trinajstić information content (AvgIpc) is 3.01. The fourth-order valence-corrected chi connectivity index (χ4v) is 2.14. The molecule has 21 heavy (non-hydrogen) atoms. The summed E-state index contributed by atoms with van der Waals surface area (Å²) in [6.07, 6.45) is 2.27. The van der Waals surface area contributed by atoms with Gasteiger partial charge in [-0.3, -0.25) is 0 Å². The van der Waals surface area contributed by atoms with Gasteiger partial charge in [0.15, 0.2) is 11.5 Å². The minimum Gasteiger partial charge on any atom is -0.496 e. The highest BCUT2D eigenvalue weighted by atomic mass is 16.5. The van der Waals surface area contributed by atoms with Crippen LogP contribution < -0.4 is 10.1 Å². The molecule has 3 rings (SSSR count). The molecular formula is C14H15N5O2. The van der Waals surface area contributed by atoms with Crippen LogP contribution in [0.4, 0.5) is 5.82 Å². The summed E-state index contributed by atoms with van der Waals surface area (Å²) < 4.78 is 5.25. The number of anilines is 1. The molecule has 0 aliphatic carbocycles. The van der Waals surface area contributed by atoms with Gasteiger partial charge < -0.3 is 20.1 Å². The molecule has 0 fully saturated rings. The average molecular weight is 285 g/mol. The number of aliphatic hydroxyl groups excluding tert-OH is 1. The third-order valence-corrected chi connectivity index (χ3v) is 3.18. The number of ether oxygens (including phenoxy) is 1. The molecule has 1 aromatic carbocycles. The molecule has 0 bridgehead atoms. The number of hydrogen-bond donors (Lipinski definition) is 3. The molecule has 0 spiro atoms. The van der Waals surface area contributed by atoms with E-state index in [1.54, 1.807) is 13.4 Å². The Kier molecular flexibility index (Phi) is 3.65. The third kappa shape index (κ3) is 2.63. The van der Waals surface area contributed by atoms with Crippen LogP contribution in [-0.4, -0.2) is 38.7 Å². The summed E-state index contributed by atoms with van der Waals surface area (Å²) in [4.78, 5) is 15.2. The second-order valence-electron chi connectivity index (χ2n) is 4.46. The minimum atomic E-state index is -0.714. The highest BCUT2D eigenvalue weighted by Gasteiger charge is 2.14. The number of para-hydroxylation sites is 1. The molecule has 7 nitrogen and oxygen atoms in total. The highest BCUT2D eigenvalue weighted by Crippen LogP contribution is 2.25. The first kappa shape index (κ1) is 13.3. The first-order valence-electron chi connectivity index (χ1n) is 6.48. The number of aromatic amines is 1. The molecule has 3 N–H and O–H groups in total. The summed E-state index contributed by atoms with van der Waals surface area (Å²) in [6.45, 7) is 0.297. The Morgan fingerprint density at radius 3 is 3.00 bits per heavy atom. The van der Waals surface area contributed by atoms with Crippen molar-refractivity contribution in [2.24, 2.45) is 0 Å². The standard InChI is InChI=1S/C14H15N5O2/c1-21-11-5-3-2-4-9(11)10(20)6-15-13-12-14(17-7-16-12)19-8-18-13/h2-5,7-8,10,20H,6H2,1H3,(H2,15,16,17,18,19)/t10-/m0/s1. The highest BCUT2D eigenvalue weighted by molar-refractivity contribution is 5.81. The van der Waals surface area contributed by atoms with Crippen molar-refractivity contribution in [3.05, 3.63) is 42.5 Å². The molecule has 108 valence electrons. The fourth-order valence-electron chi connectivity index (χ4n) is 2.14. The van der Waals surface area contributed by atoms with E-state index in [1.807, 2.05) is 24.3 Å². The van der Waals surface area contributed by atoms with Crippen LogP contribution in [-0.2, 0) is 0 Å². The fraction of sp³-hybridized carbons (Fsp3) is 0.214. The van der Waals surface area contributed by atoms with Crippen LogP contribution in [0.3, 0.4) is 0 Å². The van der Waals surface area contributed by atoms with Gasteiger partial charge in [0.25, 0.3) is 0 Å². The zero-order valence-corrected chi connectivity index (χ0v) is 11.4. The Balaban J connectivity index is 1.77. The second kappa shape index (κ2) is 5.76. The molecule has 0 unspecified atom stereocenters. The Bertz CT molecular complexity index is 743. The van der Waals surface area contributed by atoms with Gasteiger partial charge in [0, 0.05) is 12.1 Å². The molecule has 2 aromatic heterocycles. The van der Waals surface area contributed by atoms with E-state index in [9.17, 15) is 5.11 Å². The summed E-state index contributed by atoms with van der Waals surface area (Å²) >= 11 is 0. The van der Waals surface area contributed by atoms with Gasteiger partial charge >= 0.3 is 0 Å². The Hall–Kier alpha value is -2.67. The van der Waals surface area contributed by atoms with Gasteiger partial charge in [-0.25, -0.2) is 15.0 Å². The number of nitrogens with zero attached hydrogens (tertiary/aromatic N) is 3. The van der Waals surface area contributed by atoms with Gasteiger partial charge in [0.2, 0.25) is 0 Å². The largest absolute Gasteiger partial charge is 0.496 e. The second-order valence-corrected chi connectivity index (χ2v) is 4.46. The van der Waals surface area contributed by atoms with Gasteiger partial charge in [0.1, 0.15) is 17.6 Å². The van der Waals surface area contributed by atoms with Crippen LogP contribution in [0.2, 0.25) is 0 Å². The monoisotopic (exact) mass is 285 g/mol. The smallest absolute Gasteiger partial charge is 0.182 e. The number of nitrogens with one attached hydrogen (secondary N) is 2. The zero-order chi connectivity index (χ0) is 14.7. The van der Waals surface area contributed by atoms with Crippen molar-refractivity contribution < 1.29 is 9.84 Å². The quantitative estimate of drug-likeness (QED) is 0.657. The van der Waals surface area contributed by atoms with Crippen molar-refractivity contribution in [1.29, 1.82) is 0 Å². The number of imidazole rings is 1. The number of methoxy groups -OCH3 is 1. The van der Waals surface area contributed by atoms with Gasteiger partial charge in [-0.15, -0.1) is 0 Å². The maximum Gasteiger partial charge on any atom is 0.182 e. The van der Waals surface area contributed by atoms with Crippen LogP contribution in [0.1, 0.15) is 11.7 Å². The van der Waals surface area contributed by atoms with E-state index in [0.717, 1.165) is 5.56 Å². The molecule has 0 saturated carbocycles. The van der Waals surface area contributed by atoms with E-state index in [2.05, 4.69) is 25.3 Å². The van der Waals surface area contributed by atoms with Crippen molar-refractivity contribution in [3.8, 4) is 5.75 Å². The first-order chi connectivity index (χ1) is 10.3. The van der Waals surface area contributed by atoms with E-state index >= 15 is 0 Å². The number of hydrogen-bond acceptors (Lipinski definition) is 6. The van der Waals surface area contributed by atoms with Crippen molar-refractivity contribution in [1.82, 2.24) is 19.9 Å². The normalized spacial score (nSPS) is 12.3. The molecule has 1 atom stereocenters. The summed E-state index contributed by atoms with van der Waals surface area (Å²) in [5.74, 6) is 1.26. The maximum atomic E-state index is 10.3. The zero-order valence-electron chi connectivity index (χ0n) is 11.4. The van der Waals surface area contributed by atoms with Gasteiger partial charge in [-0.1, -0.05) is 18.2 Å². The number of H-pyrrole nitrogens is 1. The third-order valence-electron chi connectivity index (χ3n) is 3.18. The molecule has 0 saturated heterocycles. The summed E-state index contributed by atoms with van der Waals surface area (Å²) in [7, 11) is 1.58. The number of fused-ring (bicyclic) bond motifs is 1. The first-order valence-corrected chi connectivity index (χ1v) is 6.48. The van der Waals surface area contributed by atoms with Crippen LogP contribution in [0.5, 0.6) is 5.75 Å². The number of aliphatic hydroxyl groups is 1. The van der Waals surface area contributed by atoms with Crippen LogP contribution in [0.25, 0.3) is 11.2 Å². The van der Waals surface area contributed by atoms with Crippen LogP contribution >= 0.6 is 0 Å². The van der Waals surface area contributed by atoms with Crippen LogP contribution in [0, 0.1) is 0 Å². The lowest BCUT2D eigenvalue weighted by molar-refractivity contribution is 0.187. The summed E-state index contributed by atoms with van der Waals surface area (Å²) in [5, 5.41) is 13.4. The molecule has 3 aromatic rings. The Labute approximate surface area is 121 Å². The molecule has 0 amide bonds. The van der Waals surface area contributed by atoms with Gasteiger partial charge in [-0.05, 0) is 6.07 Å². The molecular weight excluding hydrogens is 270 g/mol. The Morgan fingerprint density at radius 1 is 1.29 bits per heavy atom. The SMILES string of the molecule is COc1ccccc1[C@@H](O)CNc1ncnc2nc[nH]c12. The van der Waals surface area contributed by atoms with E-state index in [4.69, 9.17) is 4.74 Å². The van der Waals surface area contributed by atoms with E-state index in [-0.39, 0.29) is 0 Å². The molecule has 0 aliphatic heterocycles. The van der Waals surface area contributed by atoms with E-state index in [1.165, 1.54) is 6.33 Å². The van der Waals surface area contributed by atoms with Crippen molar-refractivity contribution in [2.75, 3.05) is 19.0 Å². The van der Waals surface area contributed by atoms with Gasteiger partial charge in [0.05, 0.1) is 19.5 Å². The predicted molar refractivity (Wildman–Crippen MR) is 78.1 cm³/mol.